The summed E-state index contributed by atoms with van der Waals surface area (Å²) in [7, 11) is -3.60. The fourth-order valence-corrected chi connectivity index (χ4v) is 5.37. The van der Waals surface area contributed by atoms with Crippen LogP contribution in [0.3, 0.4) is 0 Å². The maximum absolute atomic E-state index is 13.2. The Morgan fingerprint density at radius 3 is 2.52 bits per heavy atom. The van der Waals surface area contributed by atoms with Crippen molar-refractivity contribution >= 4 is 33.2 Å². The number of hydrogen-bond acceptors (Lipinski definition) is 7. The molecule has 2 aromatic rings. The van der Waals surface area contributed by atoms with Gasteiger partial charge in [-0.25, -0.2) is 8.42 Å². The number of sulfonamides is 1. The van der Waals surface area contributed by atoms with Gasteiger partial charge in [0.2, 0.25) is 16.8 Å². The number of carbonyl (C=O) groups excluding carboxylic acids is 1. The molecular formula is C22H24ClN3O6S. The molecule has 0 saturated carbocycles. The molecule has 0 bridgehead atoms. The Hall–Kier alpha value is -2.69. The summed E-state index contributed by atoms with van der Waals surface area (Å²) in [4.78, 5) is 17.2. The summed E-state index contributed by atoms with van der Waals surface area (Å²) in [5, 5.41) is 0.398. The number of hydrogen-bond donors (Lipinski definition) is 0. The molecule has 0 radical (unpaired) electrons. The third kappa shape index (κ3) is 4.55. The fourth-order valence-electron chi connectivity index (χ4n) is 4.29. The highest BCUT2D eigenvalue weighted by Gasteiger charge is 2.38. The van der Waals surface area contributed by atoms with E-state index < -0.39 is 16.1 Å². The van der Waals surface area contributed by atoms with Crippen LogP contribution in [0, 0.1) is 0 Å². The van der Waals surface area contributed by atoms with E-state index in [1.165, 1.54) is 10.4 Å². The van der Waals surface area contributed by atoms with E-state index in [-0.39, 0.29) is 19.2 Å². The number of carbonyl (C=O) groups is 1. The van der Waals surface area contributed by atoms with Crippen LogP contribution in [-0.4, -0.2) is 76.0 Å². The largest absolute Gasteiger partial charge is 0.476 e. The Balaban J connectivity index is 1.23. The molecular weight excluding hydrogens is 470 g/mol. The van der Waals surface area contributed by atoms with Gasteiger partial charge in [-0.2, -0.15) is 0 Å². The smallest absolute Gasteiger partial charge is 0.265 e. The second-order valence-electron chi connectivity index (χ2n) is 8.30. The van der Waals surface area contributed by atoms with E-state index in [4.69, 9.17) is 25.8 Å². The number of anilines is 1. The Morgan fingerprint density at radius 1 is 1.03 bits per heavy atom. The zero-order valence-electron chi connectivity index (χ0n) is 18.1. The van der Waals surface area contributed by atoms with Crippen molar-refractivity contribution in [1.82, 2.24) is 9.80 Å². The van der Waals surface area contributed by atoms with E-state index in [9.17, 15) is 13.2 Å². The van der Waals surface area contributed by atoms with Crippen molar-refractivity contribution in [2.45, 2.75) is 12.6 Å². The highest BCUT2D eigenvalue weighted by Crippen LogP contribution is 2.37. The lowest BCUT2D eigenvalue weighted by Crippen LogP contribution is -2.56. The SMILES string of the molecule is CS(=O)(=O)N1CC(C(=O)N2CCN(Cc3ccc4c(c3)OCO4)CC2)Oc2ccc(Cl)cc21. The molecule has 3 aliphatic heterocycles. The summed E-state index contributed by atoms with van der Waals surface area (Å²) in [6, 6.07) is 10.7. The zero-order chi connectivity index (χ0) is 23.2. The van der Waals surface area contributed by atoms with Crippen molar-refractivity contribution in [3.05, 3.63) is 47.0 Å². The molecule has 176 valence electrons. The van der Waals surface area contributed by atoms with Gasteiger partial charge in [0.25, 0.3) is 5.91 Å². The third-order valence-electron chi connectivity index (χ3n) is 5.99. The summed E-state index contributed by atoms with van der Waals surface area (Å²) < 4.78 is 42.6. The van der Waals surface area contributed by atoms with Crippen LogP contribution in [0.2, 0.25) is 5.02 Å². The topological polar surface area (TPSA) is 88.6 Å². The van der Waals surface area contributed by atoms with E-state index in [1.54, 1.807) is 17.0 Å². The molecule has 0 aliphatic carbocycles. The minimum Gasteiger partial charge on any atom is -0.476 e. The highest BCUT2D eigenvalue weighted by atomic mass is 35.5. The molecule has 1 amide bonds. The van der Waals surface area contributed by atoms with Gasteiger partial charge in [0, 0.05) is 37.7 Å². The molecule has 5 rings (SSSR count). The van der Waals surface area contributed by atoms with E-state index in [1.807, 2.05) is 18.2 Å². The van der Waals surface area contributed by atoms with E-state index in [2.05, 4.69) is 4.90 Å². The first-order valence-corrected chi connectivity index (χ1v) is 12.8. The predicted octanol–water partition coefficient (Wildman–Crippen LogP) is 1.94. The molecule has 2 aromatic carbocycles. The van der Waals surface area contributed by atoms with Crippen molar-refractivity contribution in [2.75, 3.05) is 50.1 Å². The number of halogens is 1. The summed E-state index contributed by atoms with van der Waals surface area (Å²) in [6.07, 6.45) is 0.202. The average molecular weight is 494 g/mol. The van der Waals surface area contributed by atoms with Crippen LogP contribution < -0.4 is 18.5 Å². The summed E-state index contributed by atoms with van der Waals surface area (Å²) in [6.45, 7) is 3.39. The van der Waals surface area contributed by atoms with E-state index in [0.717, 1.165) is 29.9 Å². The van der Waals surface area contributed by atoms with Gasteiger partial charge >= 0.3 is 0 Å². The van der Waals surface area contributed by atoms with Crippen molar-refractivity contribution in [3.63, 3.8) is 0 Å². The number of rotatable bonds is 4. The number of amides is 1. The Morgan fingerprint density at radius 2 is 1.76 bits per heavy atom. The van der Waals surface area contributed by atoms with Crippen LogP contribution in [-0.2, 0) is 21.4 Å². The minimum absolute atomic E-state index is 0.0809. The standard InChI is InChI=1S/C22H24ClN3O6S/c1-33(28,29)26-13-21(32-18-5-3-16(23)11-17(18)26)22(27)25-8-6-24(7-9-25)12-15-2-4-19-20(10-15)31-14-30-19/h2-5,10-11,21H,6-9,12-14H2,1H3. The van der Waals surface area contributed by atoms with Gasteiger partial charge in [0.15, 0.2) is 17.6 Å². The van der Waals surface area contributed by atoms with Gasteiger partial charge in [-0.1, -0.05) is 17.7 Å². The molecule has 11 heteroatoms. The number of benzene rings is 2. The van der Waals surface area contributed by atoms with E-state index in [0.29, 0.717) is 42.6 Å². The van der Waals surface area contributed by atoms with Crippen LogP contribution in [0.25, 0.3) is 0 Å². The Labute approximate surface area is 197 Å². The van der Waals surface area contributed by atoms with Crippen LogP contribution in [0.15, 0.2) is 36.4 Å². The number of piperazine rings is 1. The molecule has 0 spiro atoms. The molecule has 33 heavy (non-hydrogen) atoms. The van der Waals surface area contributed by atoms with Crippen molar-refractivity contribution in [1.29, 1.82) is 0 Å². The molecule has 0 aromatic heterocycles. The van der Waals surface area contributed by atoms with Crippen molar-refractivity contribution in [3.8, 4) is 17.2 Å². The monoisotopic (exact) mass is 493 g/mol. The molecule has 1 fully saturated rings. The first-order chi connectivity index (χ1) is 15.8. The Bertz CT molecular complexity index is 1180. The van der Waals surface area contributed by atoms with Gasteiger partial charge in [0.1, 0.15) is 5.75 Å². The summed E-state index contributed by atoms with van der Waals surface area (Å²) >= 11 is 6.04. The minimum atomic E-state index is -3.60. The lowest BCUT2D eigenvalue weighted by Gasteiger charge is -2.39. The summed E-state index contributed by atoms with van der Waals surface area (Å²) in [5.41, 5.74) is 1.47. The Kier molecular flexibility index (Phi) is 5.75. The third-order valence-corrected chi connectivity index (χ3v) is 7.37. The van der Waals surface area contributed by atoms with Crippen LogP contribution in [0.1, 0.15) is 5.56 Å². The maximum atomic E-state index is 13.2. The normalized spacial score (nSPS) is 20.4. The van der Waals surface area contributed by atoms with E-state index >= 15 is 0 Å². The van der Waals surface area contributed by atoms with Crippen LogP contribution >= 0.6 is 11.6 Å². The zero-order valence-corrected chi connectivity index (χ0v) is 19.6. The van der Waals surface area contributed by atoms with Gasteiger partial charge in [-0.3, -0.25) is 14.0 Å². The number of fused-ring (bicyclic) bond motifs is 2. The number of nitrogens with zero attached hydrogens (tertiary/aromatic N) is 3. The molecule has 1 saturated heterocycles. The first kappa shape index (κ1) is 22.1. The molecule has 3 heterocycles. The van der Waals surface area contributed by atoms with Crippen LogP contribution in [0.5, 0.6) is 17.2 Å². The predicted molar refractivity (Wildman–Crippen MR) is 122 cm³/mol. The van der Waals surface area contributed by atoms with Crippen LogP contribution in [0.4, 0.5) is 5.69 Å². The van der Waals surface area contributed by atoms with Gasteiger partial charge in [-0.15, -0.1) is 0 Å². The highest BCUT2D eigenvalue weighted by molar-refractivity contribution is 7.92. The lowest BCUT2D eigenvalue weighted by molar-refractivity contribution is -0.140. The molecule has 0 N–H and O–H groups in total. The first-order valence-electron chi connectivity index (χ1n) is 10.6. The van der Waals surface area contributed by atoms with Gasteiger partial charge < -0.3 is 19.1 Å². The second kappa shape index (κ2) is 8.58. The lowest BCUT2D eigenvalue weighted by atomic mass is 10.1. The molecule has 1 atom stereocenters. The molecule has 1 unspecified atom stereocenters. The average Bonchev–Trinajstić information content (AvgIpc) is 3.26. The fraction of sp³-hybridized carbons (Fsp3) is 0.409. The quantitative estimate of drug-likeness (QED) is 0.643. The maximum Gasteiger partial charge on any atom is 0.265 e. The summed E-state index contributed by atoms with van der Waals surface area (Å²) in [5.74, 6) is 1.63. The molecule has 3 aliphatic rings. The second-order valence-corrected chi connectivity index (χ2v) is 10.6. The van der Waals surface area contributed by atoms with Crippen molar-refractivity contribution in [2.24, 2.45) is 0 Å². The molecule has 9 nitrogen and oxygen atoms in total. The van der Waals surface area contributed by atoms with Crippen molar-refractivity contribution < 1.29 is 27.4 Å². The van der Waals surface area contributed by atoms with Gasteiger partial charge in [0.05, 0.1) is 18.5 Å². The number of ether oxygens (including phenoxy) is 3. The van der Waals surface area contributed by atoms with Gasteiger partial charge in [-0.05, 0) is 35.9 Å².